The van der Waals surface area contributed by atoms with E-state index in [1.54, 1.807) is 10.7 Å². The van der Waals surface area contributed by atoms with Crippen molar-refractivity contribution >= 4 is 11.6 Å². The van der Waals surface area contributed by atoms with Gasteiger partial charge in [0.2, 0.25) is 0 Å². The summed E-state index contributed by atoms with van der Waals surface area (Å²) < 4.78 is 28.4. The Kier molecular flexibility index (Phi) is 4.38. The Hall–Kier alpha value is -2.44. The number of benzene rings is 1. The number of halogens is 2. The fraction of sp³-hybridized carbons (Fsp3) is 0.474. The molecule has 2 fully saturated rings. The second-order valence-electron chi connectivity index (χ2n) is 7.11. The van der Waals surface area contributed by atoms with E-state index < -0.39 is 11.6 Å². The van der Waals surface area contributed by atoms with Crippen molar-refractivity contribution in [3.05, 3.63) is 47.3 Å². The maximum absolute atomic E-state index is 13.5. The molecule has 1 aromatic carbocycles. The second-order valence-corrected chi connectivity index (χ2v) is 7.11. The van der Waals surface area contributed by atoms with Crippen molar-refractivity contribution in [1.29, 1.82) is 0 Å². The van der Waals surface area contributed by atoms with E-state index in [0.717, 1.165) is 31.0 Å². The molecule has 4 rings (SSSR count). The molecule has 7 heteroatoms. The molecule has 1 saturated carbocycles. The molecule has 2 heterocycles. The second kappa shape index (κ2) is 6.70. The summed E-state index contributed by atoms with van der Waals surface area (Å²) in [6, 6.07) is 3.96. The number of rotatable bonds is 3. The summed E-state index contributed by atoms with van der Waals surface area (Å²) >= 11 is 0. The van der Waals surface area contributed by atoms with E-state index in [9.17, 15) is 13.6 Å². The van der Waals surface area contributed by atoms with E-state index in [2.05, 4.69) is 5.10 Å². The molecule has 1 saturated heterocycles. The van der Waals surface area contributed by atoms with Crippen molar-refractivity contribution in [2.75, 3.05) is 31.1 Å². The molecule has 0 unspecified atom stereocenters. The first-order chi connectivity index (χ1) is 12.5. The van der Waals surface area contributed by atoms with E-state index in [0.29, 0.717) is 43.3 Å². The minimum atomic E-state index is -0.843. The van der Waals surface area contributed by atoms with Crippen molar-refractivity contribution in [3.8, 4) is 0 Å². The van der Waals surface area contributed by atoms with Gasteiger partial charge in [-0.15, -0.1) is 0 Å². The Morgan fingerprint density at radius 1 is 1.12 bits per heavy atom. The van der Waals surface area contributed by atoms with Crippen LogP contribution in [0.2, 0.25) is 0 Å². The van der Waals surface area contributed by atoms with Crippen LogP contribution in [-0.2, 0) is 7.05 Å². The van der Waals surface area contributed by atoms with Crippen LogP contribution in [0.1, 0.15) is 41.2 Å². The van der Waals surface area contributed by atoms with Gasteiger partial charge in [0.1, 0.15) is 0 Å². The van der Waals surface area contributed by atoms with Gasteiger partial charge in [-0.3, -0.25) is 9.48 Å². The molecular formula is C19H22F2N4O. The van der Waals surface area contributed by atoms with Crippen molar-refractivity contribution in [2.45, 2.75) is 25.2 Å². The first-order valence-corrected chi connectivity index (χ1v) is 9.06. The number of aryl methyl sites for hydroxylation is 1. The first-order valence-electron chi connectivity index (χ1n) is 9.06. The number of amides is 1. The molecule has 1 amide bonds. The van der Waals surface area contributed by atoms with E-state index in [1.807, 2.05) is 23.0 Å². The zero-order valence-electron chi connectivity index (χ0n) is 14.8. The lowest BCUT2D eigenvalue weighted by molar-refractivity contribution is 0.0766. The van der Waals surface area contributed by atoms with E-state index >= 15 is 0 Å². The predicted molar refractivity (Wildman–Crippen MR) is 94.3 cm³/mol. The van der Waals surface area contributed by atoms with Crippen LogP contribution < -0.4 is 4.90 Å². The lowest BCUT2D eigenvalue weighted by Gasteiger charge is -2.24. The molecule has 0 bridgehead atoms. The van der Waals surface area contributed by atoms with Crippen LogP contribution >= 0.6 is 0 Å². The van der Waals surface area contributed by atoms with Gasteiger partial charge in [-0.1, -0.05) is 0 Å². The average Bonchev–Trinajstić information content (AvgIpc) is 3.42. The largest absolute Gasteiger partial charge is 0.370 e. The van der Waals surface area contributed by atoms with Crippen molar-refractivity contribution in [1.82, 2.24) is 14.7 Å². The quantitative estimate of drug-likeness (QED) is 0.845. The van der Waals surface area contributed by atoms with Gasteiger partial charge in [0.25, 0.3) is 5.91 Å². The highest BCUT2D eigenvalue weighted by molar-refractivity contribution is 5.95. The molecule has 1 aliphatic heterocycles. The summed E-state index contributed by atoms with van der Waals surface area (Å²) in [4.78, 5) is 16.9. The van der Waals surface area contributed by atoms with Gasteiger partial charge in [-0.2, -0.15) is 5.10 Å². The third-order valence-corrected chi connectivity index (χ3v) is 5.10. The Labute approximate surface area is 151 Å². The molecule has 1 aromatic heterocycles. The maximum Gasteiger partial charge on any atom is 0.257 e. The Balaban J connectivity index is 1.48. The van der Waals surface area contributed by atoms with Crippen LogP contribution in [0, 0.1) is 11.6 Å². The number of carbonyl (C=O) groups excluding carboxylic acids is 1. The number of nitrogens with zero attached hydrogens (tertiary/aromatic N) is 4. The van der Waals surface area contributed by atoms with Crippen molar-refractivity contribution in [2.24, 2.45) is 7.05 Å². The standard InChI is InChI=1S/C19H22F2N4O/c1-23-12-15(18(22-23)13-3-4-13)19(26)25-8-2-7-24(9-10-25)14-5-6-16(20)17(21)11-14/h5-6,11-13H,2-4,7-10H2,1H3. The molecule has 5 nitrogen and oxygen atoms in total. The average molecular weight is 360 g/mol. The number of hydrogen-bond donors (Lipinski definition) is 0. The molecule has 1 aliphatic carbocycles. The van der Waals surface area contributed by atoms with Gasteiger partial charge in [0.15, 0.2) is 11.6 Å². The Morgan fingerprint density at radius 3 is 2.65 bits per heavy atom. The van der Waals surface area contributed by atoms with Gasteiger partial charge in [0, 0.05) is 57.1 Å². The van der Waals surface area contributed by atoms with Crippen LogP contribution in [0.3, 0.4) is 0 Å². The topological polar surface area (TPSA) is 41.4 Å². The van der Waals surface area contributed by atoms with Crippen LogP contribution in [0.4, 0.5) is 14.5 Å². The maximum atomic E-state index is 13.5. The molecule has 0 spiro atoms. The lowest BCUT2D eigenvalue weighted by Crippen LogP contribution is -2.35. The van der Waals surface area contributed by atoms with E-state index in [1.165, 1.54) is 6.07 Å². The van der Waals surface area contributed by atoms with E-state index in [4.69, 9.17) is 0 Å². The molecule has 0 radical (unpaired) electrons. The van der Waals surface area contributed by atoms with Crippen LogP contribution in [-0.4, -0.2) is 46.8 Å². The van der Waals surface area contributed by atoms with Gasteiger partial charge < -0.3 is 9.80 Å². The Bertz CT molecular complexity index is 831. The number of anilines is 1. The van der Waals surface area contributed by atoms with Crippen LogP contribution in [0.5, 0.6) is 0 Å². The molecule has 0 N–H and O–H groups in total. The summed E-state index contributed by atoms with van der Waals surface area (Å²) in [5, 5.41) is 4.47. The minimum absolute atomic E-state index is 0.0205. The van der Waals surface area contributed by atoms with Gasteiger partial charge in [0.05, 0.1) is 11.3 Å². The van der Waals surface area contributed by atoms with Crippen molar-refractivity contribution in [3.63, 3.8) is 0 Å². The smallest absolute Gasteiger partial charge is 0.257 e. The van der Waals surface area contributed by atoms with Gasteiger partial charge >= 0.3 is 0 Å². The normalized spacial score (nSPS) is 18.1. The SMILES string of the molecule is Cn1cc(C(=O)N2CCCN(c3ccc(F)c(F)c3)CC2)c(C2CC2)n1. The molecule has 138 valence electrons. The number of aromatic nitrogens is 2. The zero-order valence-corrected chi connectivity index (χ0v) is 14.8. The minimum Gasteiger partial charge on any atom is -0.370 e. The molecule has 2 aromatic rings. The third kappa shape index (κ3) is 3.30. The number of carbonyl (C=O) groups is 1. The molecule has 2 aliphatic rings. The summed E-state index contributed by atoms with van der Waals surface area (Å²) in [7, 11) is 1.84. The molecule has 0 atom stereocenters. The monoisotopic (exact) mass is 360 g/mol. The van der Waals surface area contributed by atoms with Crippen molar-refractivity contribution < 1.29 is 13.6 Å². The highest BCUT2D eigenvalue weighted by Gasteiger charge is 2.33. The fourth-order valence-electron chi connectivity index (χ4n) is 3.56. The summed E-state index contributed by atoms with van der Waals surface area (Å²) in [6.45, 7) is 2.50. The third-order valence-electron chi connectivity index (χ3n) is 5.10. The fourth-order valence-corrected chi connectivity index (χ4v) is 3.56. The van der Waals surface area contributed by atoms with Gasteiger partial charge in [-0.05, 0) is 31.4 Å². The van der Waals surface area contributed by atoms with Crippen LogP contribution in [0.25, 0.3) is 0 Å². The number of hydrogen-bond acceptors (Lipinski definition) is 3. The van der Waals surface area contributed by atoms with Gasteiger partial charge in [-0.25, -0.2) is 8.78 Å². The highest BCUT2D eigenvalue weighted by atomic mass is 19.2. The predicted octanol–water partition coefficient (Wildman–Crippen LogP) is 2.93. The lowest BCUT2D eigenvalue weighted by atomic mass is 10.1. The highest BCUT2D eigenvalue weighted by Crippen LogP contribution is 2.41. The van der Waals surface area contributed by atoms with Crippen LogP contribution in [0.15, 0.2) is 24.4 Å². The summed E-state index contributed by atoms with van der Waals surface area (Å²) in [5.41, 5.74) is 2.27. The van der Waals surface area contributed by atoms with E-state index in [-0.39, 0.29) is 5.91 Å². The summed E-state index contributed by atoms with van der Waals surface area (Å²) in [5.74, 6) is -1.25. The summed E-state index contributed by atoms with van der Waals surface area (Å²) in [6.07, 6.45) is 4.79. The Morgan fingerprint density at radius 2 is 1.92 bits per heavy atom. The molecular weight excluding hydrogens is 338 g/mol. The molecule has 26 heavy (non-hydrogen) atoms. The zero-order chi connectivity index (χ0) is 18.3. The first kappa shape index (κ1) is 17.0.